The third-order valence-electron chi connectivity index (χ3n) is 4.05. The lowest BCUT2D eigenvalue weighted by Gasteiger charge is -2.28. The van der Waals surface area contributed by atoms with E-state index in [0.29, 0.717) is 17.1 Å². The molecule has 0 saturated heterocycles. The Bertz CT molecular complexity index is 510. The first kappa shape index (κ1) is 15.3. The van der Waals surface area contributed by atoms with Crippen molar-refractivity contribution in [3.05, 3.63) is 28.3 Å². The van der Waals surface area contributed by atoms with Gasteiger partial charge in [0.2, 0.25) is 0 Å². The minimum absolute atomic E-state index is 0.0273. The first-order valence-corrected chi connectivity index (χ1v) is 7.23. The lowest BCUT2D eigenvalue weighted by atomic mass is 9.98. The summed E-state index contributed by atoms with van der Waals surface area (Å²) in [4.78, 5) is 11.5. The number of rotatable bonds is 5. The molecule has 4 nitrogen and oxygen atoms in total. The molecule has 0 unspecified atom stereocenters. The van der Waals surface area contributed by atoms with Crippen LogP contribution >= 0.6 is 11.6 Å². The van der Waals surface area contributed by atoms with Crippen LogP contribution in [0.1, 0.15) is 48.5 Å². The molecule has 1 fully saturated rings. The van der Waals surface area contributed by atoms with E-state index in [1.807, 2.05) is 0 Å². The number of aliphatic hydroxyl groups is 1. The number of carbonyl (C=O) groups is 1. The van der Waals surface area contributed by atoms with Gasteiger partial charge in [-0.05, 0) is 31.9 Å². The van der Waals surface area contributed by atoms with Crippen molar-refractivity contribution in [1.82, 2.24) is 5.32 Å². The van der Waals surface area contributed by atoms with Crippen LogP contribution in [0.25, 0.3) is 0 Å². The van der Waals surface area contributed by atoms with Gasteiger partial charge in [-0.25, -0.2) is 0 Å². The summed E-state index contributed by atoms with van der Waals surface area (Å²) >= 11 is 5.99. The third-order valence-corrected chi connectivity index (χ3v) is 4.27. The molecule has 0 atom stereocenters. The Labute approximate surface area is 123 Å². The second-order valence-corrected chi connectivity index (χ2v) is 5.95. The smallest absolute Gasteiger partial charge is 0.163 e. The number of phenolic OH excluding ortho intramolecular Hbond substituents is 1. The molecule has 5 heteroatoms. The zero-order chi connectivity index (χ0) is 14.8. The molecule has 1 aliphatic rings. The minimum atomic E-state index is -0.273. The van der Waals surface area contributed by atoms with Gasteiger partial charge in [-0.3, -0.25) is 4.79 Å². The number of hydrogen-bond acceptors (Lipinski definition) is 4. The summed E-state index contributed by atoms with van der Waals surface area (Å²) in [5, 5.41) is 23.4. The molecule has 0 aliphatic heterocycles. The summed E-state index contributed by atoms with van der Waals surface area (Å²) in [5.41, 5.74) is 0.548. The zero-order valence-electron chi connectivity index (χ0n) is 11.6. The average molecular weight is 298 g/mol. The molecule has 20 heavy (non-hydrogen) atoms. The van der Waals surface area contributed by atoms with E-state index in [1.165, 1.54) is 13.0 Å². The number of carbonyl (C=O) groups excluding carboxylic acids is 1. The van der Waals surface area contributed by atoms with Crippen molar-refractivity contribution >= 4 is 17.4 Å². The molecule has 0 spiro atoms. The van der Waals surface area contributed by atoms with E-state index in [0.717, 1.165) is 25.7 Å². The van der Waals surface area contributed by atoms with Crippen molar-refractivity contribution < 1.29 is 15.0 Å². The highest BCUT2D eigenvalue weighted by atomic mass is 35.5. The maximum atomic E-state index is 11.5. The number of ketones is 1. The molecule has 1 saturated carbocycles. The summed E-state index contributed by atoms with van der Waals surface area (Å²) in [6.45, 7) is 1.86. The highest BCUT2D eigenvalue weighted by molar-refractivity contribution is 6.31. The molecule has 0 amide bonds. The summed E-state index contributed by atoms with van der Waals surface area (Å²) in [6, 6.07) is 3.12. The van der Waals surface area contributed by atoms with Crippen LogP contribution in [-0.2, 0) is 6.54 Å². The van der Waals surface area contributed by atoms with Crippen LogP contribution in [-0.4, -0.2) is 28.1 Å². The van der Waals surface area contributed by atoms with E-state index in [1.54, 1.807) is 6.07 Å². The van der Waals surface area contributed by atoms with Gasteiger partial charge >= 0.3 is 0 Å². The lowest BCUT2D eigenvalue weighted by Crippen LogP contribution is -2.45. The Morgan fingerprint density at radius 3 is 2.60 bits per heavy atom. The van der Waals surface area contributed by atoms with E-state index in [-0.39, 0.29) is 29.2 Å². The molecule has 2 rings (SSSR count). The van der Waals surface area contributed by atoms with E-state index in [9.17, 15) is 15.0 Å². The highest BCUT2D eigenvalue weighted by Crippen LogP contribution is 2.32. The van der Waals surface area contributed by atoms with E-state index >= 15 is 0 Å². The van der Waals surface area contributed by atoms with Crippen molar-refractivity contribution in [2.24, 2.45) is 0 Å². The Morgan fingerprint density at radius 1 is 1.40 bits per heavy atom. The summed E-state index contributed by atoms with van der Waals surface area (Å²) in [6.07, 6.45) is 4.02. The van der Waals surface area contributed by atoms with Crippen molar-refractivity contribution in [3.8, 4) is 5.75 Å². The maximum absolute atomic E-state index is 11.5. The number of aromatic hydroxyl groups is 1. The van der Waals surface area contributed by atoms with Gasteiger partial charge in [0, 0.05) is 22.7 Å². The topological polar surface area (TPSA) is 69.6 Å². The van der Waals surface area contributed by atoms with Crippen molar-refractivity contribution in [2.45, 2.75) is 44.7 Å². The molecule has 0 heterocycles. The highest BCUT2D eigenvalue weighted by Gasteiger charge is 2.32. The number of Topliss-reactive ketones (excluding diaryl/α,β-unsaturated/α-hetero) is 1. The maximum Gasteiger partial charge on any atom is 0.163 e. The lowest BCUT2D eigenvalue weighted by molar-refractivity contribution is 0.101. The molecule has 0 bridgehead atoms. The first-order valence-electron chi connectivity index (χ1n) is 6.86. The quantitative estimate of drug-likeness (QED) is 0.731. The summed E-state index contributed by atoms with van der Waals surface area (Å²) in [5.74, 6) is -0.246. The molecule has 0 aromatic heterocycles. The van der Waals surface area contributed by atoms with Crippen LogP contribution in [0.3, 0.4) is 0 Å². The Balaban J connectivity index is 2.19. The van der Waals surface area contributed by atoms with Crippen LogP contribution < -0.4 is 5.32 Å². The third kappa shape index (κ3) is 3.14. The number of hydrogen-bond donors (Lipinski definition) is 3. The normalized spacial score (nSPS) is 17.4. The molecule has 3 N–H and O–H groups in total. The first-order chi connectivity index (χ1) is 9.47. The fourth-order valence-corrected chi connectivity index (χ4v) is 3.02. The summed E-state index contributed by atoms with van der Waals surface area (Å²) in [7, 11) is 0. The van der Waals surface area contributed by atoms with Crippen LogP contribution in [0.2, 0.25) is 5.02 Å². The molecular weight excluding hydrogens is 278 g/mol. The van der Waals surface area contributed by atoms with Gasteiger partial charge in [-0.15, -0.1) is 0 Å². The van der Waals surface area contributed by atoms with Gasteiger partial charge in [0.15, 0.2) is 5.78 Å². The molecule has 1 aromatic carbocycles. The fraction of sp³-hybridized carbons (Fsp3) is 0.533. The van der Waals surface area contributed by atoms with Crippen molar-refractivity contribution in [2.75, 3.05) is 6.61 Å². The number of phenols is 1. The molecule has 1 aliphatic carbocycles. The number of aliphatic hydroxyl groups excluding tert-OH is 1. The van der Waals surface area contributed by atoms with Gasteiger partial charge in [-0.2, -0.15) is 0 Å². The molecule has 0 radical (unpaired) electrons. The fourth-order valence-electron chi connectivity index (χ4n) is 2.78. The second kappa shape index (κ2) is 6.12. The molecular formula is C15H20ClNO3. The van der Waals surface area contributed by atoms with Crippen LogP contribution in [0.4, 0.5) is 0 Å². The van der Waals surface area contributed by atoms with E-state index in [2.05, 4.69) is 5.32 Å². The predicted octanol–water partition coefficient (Wildman–Crippen LogP) is 2.64. The number of nitrogens with one attached hydrogen (secondary N) is 1. The van der Waals surface area contributed by atoms with Gasteiger partial charge in [0.25, 0.3) is 0 Å². The second-order valence-electron chi connectivity index (χ2n) is 5.52. The van der Waals surface area contributed by atoms with Gasteiger partial charge in [0.1, 0.15) is 5.75 Å². The Kier molecular flexibility index (Phi) is 4.68. The average Bonchev–Trinajstić information content (AvgIpc) is 2.88. The standard InChI is InChI=1S/C15H20ClNO3/c1-10(19)13-7-12(16)6-11(14(13)20)8-17-15(9-18)4-2-3-5-15/h6-7,17-18,20H,2-5,8-9H2,1H3. The largest absolute Gasteiger partial charge is 0.507 e. The van der Waals surface area contributed by atoms with Gasteiger partial charge in [-0.1, -0.05) is 24.4 Å². The predicted molar refractivity (Wildman–Crippen MR) is 78.2 cm³/mol. The van der Waals surface area contributed by atoms with Crippen LogP contribution in [0, 0.1) is 0 Å². The molecule has 110 valence electrons. The Hall–Kier alpha value is -1.10. The van der Waals surface area contributed by atoms with Gasteiger partial charge in [0.05, 0.1) is 12.2 Å². The van der Waals surface area contributed by atoms with Crippen molar-refractivity contribution in [3.63, 3.8) is 0 Å². The van der Waals surface area contributed by atoms with Crippen LogP contribution in [0.5, 0.6) is 5.75 Å². The zero-order valence-corrected chi connectivity index (χ0v) is 12.3. The monoisotopic (exact) mass is 297 g/mol. The molecule has 1 aromatic rings. The van der Waals surface area contributed by atoms with Crippen LogP contribution in [0.15, 0.2) is 12.1 Å². The summed E-state index contributed by atoms with van der Waals surface area (Å²) < 4.78 is 0. The number of benzene rings is 1. The van der Waals surface area contributed by atoms with E-state index in [4.69, 9.17) is 11.6 Å². The number of halogens is 1. The Morgan fingerprint density at radius 2 is 2.05 bits per heavy atom. The van der Waals surface area contributed by atoms with Gasteiger partial charge < -0.3 is 15.5 Å². The van der Waals surface area contributed by atoms with Crippen molar-refractivity contribution in [1.29, 1.82) is 0 Å². The SMILES string of the molecule is CC(=O)c1cc(Cl)cc(CNC2(CO)CCCC2)c1O. The minimum Gasteiger partial charge on any atom is -0.507 e. The van der Waals surface area contributed by atoms with E-state index < -0.39 is 0 Å².